The second-order valence-corrected chi connectivity index (χ2v) is 3.68. The Morgan fingerprint density at radius 2 is 2.33 bits per heavy atom. The van der Waals surface area contributed by atoms with Gasteiger partial charge in [-0.2, -0.15) is 0 Å². The second-order valence-electron chi connectivity index (χ2n) is 2.79. The fourth-order valence-corrected chi connectivity index (χ4v) is 1.71. The number of rotatable bonds is 8. The highest BCUT2D eigenvalue weighted by molar-refractivity contribution is 7.99. The minimum atomic E-state index is 0.595. The van der Waals surface area contributed by atoms with Crippen molar-refractivity contribution in [1.82, 2.24) is 25.5 Å². The van der Waals surface area contributed by atoms with E-state index in [9.17, 15) is 0 Å². The Morgan fingerprint density at radius 3 is 3.07 bits per heavy atom. The van der Waals surface area contributed by atoms with Gasteiger partial charge in [0.15, 0.2) is 0 Å². The Labute approximate surface area is 93.8 Å². The van der Waals surface area contributed by atoms with E-state index in [1.54, 1.807) is 4.68 Å². The molecular weight excluding hydrogens is 214 g/mol. The number of hydrogen-bond acceptors (Lipinski definition) is 6. The number of nitrogens with zero attached hydrogens (tertiary/aromatic N) is 4. The van der Waals surface area contributed by atoms with Crippen LogP contribution in [0.4, 0.5) is 0 Å². The molecule has 0 unspecified atom stereocenters. The molecule has 0 fully saturated rings. The number of ether oxygens (including phenoxy) is 1. The van der Waals surface area contributed by atoms with E-state index in [0.717, 1.165) is 24.8 Å². The molecule has 1 rings (SSSR count). The molecule has 86 valence electrons. The molecule has 0 amide bonds. The van der Waals surface area contributed by atoms with Gasteiger partial charge in [0.05, 0.1) is 12.5 Å². The Hall–Kier alpha value is -0.660. The first-order valence-corrected chi connectivity index (χ1v) is 6.04. The first kappa shape index (κ1) is 12.4. The highest BCUT2D eigenvalue weighted by Crippen LogP contribution is 2.12. The Bertz CT molecular complexity index is 243. The van der Waals surface area contributed by atoms with Gasteiger partial charge in [0.2, 0.25) is 5.16 Å². The van der Waals surface area contributed by atoms with Gasteiger partial charge in [0, 0.05) is 13.2 Å². The molecule has 0 saturated heterocycles. The minimum Gasteiger partial charge on any atom is -0.371 e. The molecule has 0 aromatic carbocycles. The van der Waals surface area contributed by atoms with Crippen LogP contribution in [0.15, 0.2) is 5.16 Å². The maximum atomic E-state index is 5.23. The van der Waals surface area contributed by atoms with E-state index in [0.29, 0.717) is 12.5 Å². The average Bonchev–Trinajstić information content (AvgIpc) is 2.67. The van der Waals surface area contributed by atoms with Crippen LogP contribution in [0.1, 0.15) is 13.8 Å². The van der Waals surface area contributed by atoms with Crippen molar-refractivity contribution in [3.8, 4) is 0 Å². The van der Waals surface area contributed by atoms with Gasteiger partial charge in [-0.05, 0) is 23.9 Å². The Balaban J connectivity index is 2.32. The van der Waals surface area contributed by atoms with Crippen molar-refractivity contribution in [1.29, 1.82) is 0 Å². The van der Waals surface area contributed by atoms with Crippen molar-refractivity contribution in [3.63, 3.8) is 0 Å². The van der Waals surface area contributed by atoms with Crippen LogP contribution in [0.25, 0.3) is 0 Å². The van der Waals surface area contributed by atoms with E-state index in [1.807, 2.05) is 6.92 Å². The quantitative estimate of drug-likeness (QED) is 0.396. The molecule has 0 aliphatic carbocycles. The van der Waals surface area contributed by atoms with Crippen LogP contribution in [0.3, 0.4) is 0 Å². The van der Waals surface area contributed by atoms with Crippen LogP contribution in [0, 0.1) is 0 Å². The zero-order chi connectivity index (χ0) is 10.9. The van der Waals surface area contributed by atoms with E-state index in [-0.39, 0.29) is 0 Å². The van der Waals surface area contributed by atoms with E-state index < -0.39 is 0 Å². The van der Waals surface area contributed by atoms with Crippen LogP contribution < -0.4 is 5.32 Å². The molecule has 1 aromatic heterocycles. The van der Waals surface area contributed by atoms with Gasteiger partial charge in [0.25, 0.3) is 0 Å². The van der Waals surface area contributed by atoms with Gasteiger partial charge in [0.1, 0.15) is 0 Å². The molecule has 0 atom stereocenters. The maximum Gasteiger partial charge on any atom is 0.211 e. The van der Waals surface area contributed by atoms with Gasteiger partial charge >= 0.3 is 0 Å². The SMILES string of the molecule is CCNCCn1nnnc1SCOCC. The summed E-state index contributed by atoms with van der Waals surface area (Å²) >= 11 is 1.51. The molecule has 0 aliphatic rings. The van der Waals surface area contributed by atoms with Crippen LogP contribution in [-0.4, -0.2) is 45.8 Å². The van der Waals surface area contributed by atoms with Gasteiger partial charge in [-0.1, -0.05) is 18.7 Å². The topological polar surface area (TPSA) is 64.9 Å². The minimum absolute atomic E-state index is 0.595. The molecule has 1 N–H and O–H groups in total. The molecule has 7 heteroatoms. The highest BCUT2D eigenvalue weighted by Gasteiger charge is 2.05. The Kier molecular flexibility index (Phi) is 6.29. The van der Waals surface area contributed by atoms with Gasteiger partial charge in [-0.25, -0.2) is 4.68 Å². The molecule has 15 heavy (non-hydrogen) atoms. The standard InChI is InChI=1S/C8H17N5OS/c1-3-9-5-6-13-8(10-11-12-13)15-7-14-4-2/h9H,3-7H2,1-2H3. The number of hydrogen-bond donors (Lipinski definition) is 1. The number of tetrazole rings is 1. The second kappa shape index (κ2) is 7.61. The van der Waals surface area contributed by atoms with E-state index in [2.05, 4.69) is 27.8 Å². The molecule has 1 aromatic rings. The van der Waals surface area contributed by atoms with E-state index in [4.69, 9.17) is 4.74 Å². The fraction of sp³-hybridized carbons (Fsp3) is 0.875. The lowest BCUT2D eigenvalue weighted by Crippen LogP contribution is -2.20. The molecule has 0 bridgehead atoms. The lowest BCUT2D eigenvalue weighted by molar-refractivity contribution is 0.199. The van der Waals surface area contributed by atoms with Crippen LogP contribution >= 0.6 is 11.8 Å². The number of likely N-dealkylation sites (N-methyl/N-ethyl adjacent to an activating group) is 1. The Morgan fingerprint density at radius 1 is 1.47 bits per heavy atom. The summed E-state index contributed by atoms with van der Waals surface area (Å²) in [4.78, 5) is 0. The maximum absolute atomic E-state index is 5.23. The predicted molar refractivity (Wildman–Crippen MR) is 58.7 cm³/mol. The predicted octanol–water partition coefficient (Wildman–Crippen LogP) is 0.369. The third kappa shape index (κ3) is 4.59. The third-order valence-corrected chi connectivity index (χ3v) is 2.56. The van der Waals surface area contributed by atoms with Gasteiger partial charge < -0.3 is 10.1 Å². The van der Waals surface area contributed by atoms with Crippen molar-refractivity contribution in [2.75, 3.05) is 25.6 Å². The first-order valence-electron chi connectivity index (χ1n) is 5.05. The van der Waals surface area contributed by atoms with E-state index >= 15 is 0 Å². The molecular formula is C8H17N5OS. The molecule has 6 nitrogen and oxygen atoms in total. The monoisotopic (exact) mass is 231 g/mol. The summed E-state index contributed by atoms with van der Waals surface area (Å²) < 4.78 is 7.01. The summed E-state index contributed by atoms with van der Waals surface area (Å²) in [6, 6.07) is 0. The van der Waals surface area contributed by atoms with Crippen LogP contribution in [-0.2, 0) is 11.3 Å². The molecule has 1 heterocycles. The van der Waals surface area contributed by atoms with Crippen LogP contribution in [0.2, 0.25) is 0 Å². The molecule has 0 radical (unpaired) electrons. The largest absolute Gasteiger partial charge is 0.371 e. The van der Waals surface area contributed by atoms with Crippen molar-refractivity contribution in [2.45, 2.75) is 25.5 Å². The lowest BCUT2D eigenvalue weighted by atomic mass is 10.6. The first-order chi connectivity index (χ1) is 7.38. The van der Waals surface area contributed by atoms with Gasteiger partial charge in [-0.15, -0.1) is 5.10 Å². The summed E-state index contributed by atoms with van der Waals surface area (Å²) in [6.45, 7) is 7.38. The number of nitrogens with one attached hydrogen (secondary N) is 1. The van der Waals surface area contributed by atoms with Crippen molar-refractivity contribution >= 4 is 11.8 Å². The summed E-state index contributed by atoms with van der Waals surface area (Å²) in [5, 5.41) is 15.5. The highest BCUT2D eigenvalue weighted by atomic mass is 32.2. The average molecular weight is 231 g/mol. The van der Waals surface area contributed by atoms with Crippen molar-refractivity contribution < 1.29 is 4.74 Å². The summed E-state index contributed by atoms with van der Waals surface area (Å²) in [6.07, 6.45) is 0. The molecule has 0 aliphatic heterocycles. The number of aromatic nitrogens is 4. The fourth-order valence-electron chi connectivity index (χ4n) is 0.980. The van der Waals surface area contributed by atoms with Crippen LogP contribution in [0.5, 0.6) is 0 Å². The molecule has 0 saturated carbocycles. The number of thioether (sulfide) groups is 1. The summed E-state index contributed by atoms with van der Waals surface area (Å²) in [5.74, 6) is 0.595. The summed E-state index contributed by atoms with van der Waals surface area (Å²) in [7, 11) is 0. The van der Waals surface area contributed by atoms with Gasteiger partial charge in [-0.3, -0.25) is 0 Å². The summed E-state index contributed by atoms with van der Waals surface area (Å²) in [5.41, 5.74) is 0. The lowest BCUT2D eigenvalue weighted by Gasteiger charge is -2.04. The third-order valence-electron chi connectivity index (χ3n) is 1.72. The zero-order valence-corrected chi connectivity index (χ0v) is 9.96. The normalized spacial score (nSPS) is 10.8. The van der Waals surface area contributed by atoms with Crippen molar-refractivity contribution in [3.05, 3.63) is 0 Å². The molecule has 0 spiro atoms. The van der Waals surface area contributed by atoms with Crippen molar-refractivity contribution in [2.24, 2.45) is 0 Å². The van der Waals surface area contributed by atoms with E-state index in [1.165, 1.54) is 11.8 Å². The smallest absolute Gasteiger partial charge is 0.211 e. The zero-order valence-electron chi connectivity index (χ0n) is 9.14.